The molecular weight excluding hydrogens is 406 g/mol. The van der Waals surface area contributed by atoms with Crippen molar-refractivity contribution in [3.63, 3.8) is 0 Å². The lowest BCUT2D eigenvalue weighted by Gasteiger charge is -2.09. The molecule has 0 spiro atoms. The first-order chi connectivity index (χ1) is 14.6. The molecule has 0 amide bonds. The van der Waals surface area contributed by atoms with Crippen LogP contribution in [0.4, 0.5) is 0 Å². The van der Waals surface area contributed by atoms with Crippen molar-refractivity contribution in [3.05, 3.63) is 80.9 Å². The monoisotopic (exact) mass is 425 g/mol. The molecule has 30 heavy (non-hydrogen) atoms. The van der Waals surface area contributed by atoms with Crippen molar-refractivity contribution >= 4 is 17.2 Å². The lowest BCUT2D eigenvalue weighted by atomic mass is 9.98. The van der Waals surface area contributed by atoms with Gasteiger partial charge in [-0.2, -0.15) is 4.98 Å². The van der Waals surface area contributed by atoms with Gasteiger partial charge in [-0.15, -0.1) is 5.10 Å². The Kier molecular flexibility index (Phi) is 4.88. The average Bonchev–Trinajstić information content (AvgIpc) is 3.44. The number of hydrogen-bond donors (Lipinski definition) is 0. The summed E-state index contributed by atoms with van der Waals surface area (Å²) in [5.74, 6) is 1.28. The fourth-order valence-electron chi connectivity index (χ4n) is 3.88. The van der Waals surface area contributed by atoms with Crippen LogP contribution in [-0.4, -0.2) is 30.9 Å². The second kappa shape index (κ2) is 7.70. The van der Waals surface area contributed by atoms with Gasteiger partial charge in [-0.1, -0.05) is 35.0 Å². The summed E-state index contributed by atoms with van der Waals surface area (Å²) in [5, 5.41) is 9.13. The van der Waals surface area contributed by atoms with Crippen molar-refractivity contribution in [1.29, 1.82) is 0 Å². The third kappa shape index (κ3) is 3.64. The quantitative estimate of drug-likeness (QED) is 0.488. The third-order valence-corrected chi connectivity index (χ3v) is 5.64. The highest BCUT2D eigenvalue weighted by Gasteiger charge is 2.28. The second-order valence-electron chi connectivity index (χ2n) is 7.58. The van der Waals surface area contributed by atoms with Gasteiger partial charge in [-0.05, 0) is 49.1 Å². The van der Waals surface area contributed by atoms with E-state index in [0.29, 0.717) is 41.3 Å². The molecule has 1 aliphatic heterocycles. The summed E-state index contributed by atoms with van der Waals surface area (Å²) in [5.41, 5.74) is 2.32. The van der Waals surface area contributed by atoms with Crippen molar-refractivity contribution < 1.29 is 9.26 Å². The number of fused-ring (bicyclic) bond motifs is 1. The van der Waals surface area contributed by atoms with E-state index in [4.69, 9.17) is 20.9 Å². The molecule has 0 bridgehead atoms. The van der Waals surface area contributed by atoms with Crippen LogP contribution in [0.2, 0.25) is 5.02 Å². The Morgan fingerprint density at radius 1 is 1.20 bits per heavy atom. The molecule has 8 nitrogen and oxygen atoms in total. The van der Waals surface area contributed by atoms with Gasteiger partial charge in [0.2, 0.25) is 5.89 Å². The van der Waals surface area contributed by atoms with E-state index in [1.807, 2.05) is 43.3 Å². The molecular formula is C21H20ClN5O3. The number of nitrogens with zero attached hydrogens (tertiary/aromatic N) is 5. The molecule has 9 heteroatoms. The van der Waals surface area contributed by atoms with Crippen LogP contribution >= 0.6 is 11.6 Å². The van der Waals surface area contributed by atoms with Gasteiger partial charge in [-0.25, -0.2) is 13.9 Å². The topological polar surface area (TPSA) is 87.4 Å². The van der Waals surface area contributed by atoms with Gasteiger partial charge in [0.15, 0.2) is 11.5 Å². The first kappa shape index (κ1) is 19.0. The molecule has 1 saturated heterocycles. The number of aryl methyl sites for hydroxylation is 1. The fraction of sp³-hybridized carbons (Fsp3) is 0.333. The van der Waals surface area contributed by atoms with Crippen LogP contribution in [0.3, 0.4) is 0 Å². The van der Waals surface area contributed by atoms with Crippen molar-refractivity contribution in [2.75, 3.05) is 6.61 Å². The van der Waals surface area contributed by atoms with Gasteiger partial charge in [0.1, 0.15) is 6.54 Å². The molecule has 1 unspecified atom stereocenters. The Morgan fingerprint density at radius 3 is 2.83 bits per heavy atom. The smallest absolute Gasteiger partial charge is 0.351 e. The fourth-order valence-corrected chi connectivity index (χ4v) is 4.01. The first-order valence-electron chi connectivity index (χ1n) is 9.80. The van der Waals surface area contributed by atoms with Gasteiger partial charge < -0.3 is 9.26 Å². The van der Waals surface area contributed by atoms with E-state index in [1.54, 1.807) is 10.5 Å². The van der Waals surface area contributed by atoms with Crippen LogP contribution in [0.25, 0.3) is 5.65 Å². The molecule has 4 aromatic rings. The molecule has 1 aliphatic rings. The van der Waals surface area contributed by atoms with E-state index in [0.717, 1.165) is 17.7 Å². The molecule has 5 rings (SSSR count). The molecule has 1 fully saturated rings. The minimum atomic E-state index is -0.224. The minimum Gasteiger partial charge on any atom is -0.373 e. The van der Waals surface area contributed by atoms with Crippen LogP contribution in [0.15, 0.2) is 51.8 Å². The minimum absolute atomic E-state index is 0.0541. The third-order valence-electron chi connectivity index (χ3n) is 5.39. The van der Waals surface area contributed by atoms with Crippen LogP contribution in [-0.2, 0) is 17.7 Å². The summed E-state index contributed by atoms with van der Waals surface area (Å²) in [6, 6.07) is 13.3. The average molecular weight is 426 g/mol. The van der Waals surface area contributed by atoms with E-state index in [-0.39, 0.29) is 18.3 Å². The Bertz CT molecular complexity index is 1240. The van der Waals surface area contributed by atoms with Gasteiger partial charge in [-0.3, -0.25) is 0 Å². The zero-order valence-corrected chi connectivity index (χ0v) is 17.1. The number of hydrogen-bond acceptors (Lipinski definition) is 6. The van der Waals surface area contributed by atoms with Crippen LogP contribution in [0.5, 0.6) is 0 Å². The van der Waals surface area contributed by atoms with Crippen molar-refractivity contribution in [2.45, 2.75) is 32.4 Å². The van der Waals surface area contributed by atoms with E-state index in [2.05, 4.69) is 15.2 Å². The predicted octanol–water partition coefficient (Wildman–Crippen LogP) is 3.21. The van der Waals surface area contributed by atoms with Gasteiger partial charge in [0.25, 0.3) is 0 Å². The molecule has 2 atom stereocenters. The zero-order valence-electron chi connectivity index (χ0n) is 16.4. The standard InChI is InChI=1S/C21H20ClN5O3/c1-13-3-2-4-19-24-26(21(28)27(13)19)11-20-23-18(25-30-20)10-14-9-17(29-12-14)15-5-7-16(22)8-6-15/h2-8,14,17H,9-12H2,1H3/t14?,17-/m1/s1. The zero-order chi connectivity index (χ0) is 20.7. The Morgan fingerprint density at radius 2 is 2.03 bits per heavy atom. The number of halogens is 1. The molecule has 154 valence electrons. The van der Waals surface area contributed by atoms with E-state index < -0.39 is 0 Å². The Hall–Kier alpha value is -2.97. The predicted molar refractivity (Wildman–Crippen MR) is 110 cm³/mol. The Balaban J connectivity index is 1.25. The van der Waals surface area contributed by atoms with Crippen LogP contribution in [0.1, 0.15) is 35.5 Å². The highest BCUT2D eigenvalue weighted by Crippen LogP contribution is 2.34. The number of rotatable bonds is 5. The Labute approximate surface area is 177 Å². The van der Waals surface area contributed by atoms with Crippen molar-refractivity contribution in [1.82, 2.24) is 24.3 Å². The maximum atomic E-state index is 12.6. The molecule has 4 heterocycles. The largest absolute Gasteiger partial charge is 0.373 e. The number of pyridine rings is 1. The van der Waals surface area contributed by atoms with E-state index in [1.165, 1.54) is 4.68 Å². The van der Waals surface area contributed by atoms with Crippen LogP contribution in [0, 0.1) is 12.8 Å². The summed E-state index contributed by atoms with van der Waals surface area (Å²) in [7, 11) is 0. The molecule has 0 radical (unpaired) electrons. The van der Waals surface area contributed by atoms with E-state index >= 15 is 0 Å². The summed E-state index contributed by atoms with van der Waals surface area (Å²) in [6.45, 7) is 2.65. The number of aromatic nitrogens is 5. The van der Waals surface area contributed by atoms with Crippen molar-refractivity contribution in [2.24, 2.45) is 5.92 Å². The first-order valence-corrected chi connectivity index (χ1v) is 10.2. The van der Waals surface area contributed by atoms with Gasteiger partial charge in [0, 0.05) is 17.1 Å². The summed E-state index contributed by atoms with van der Waals surface area (Å²) in [4.78, 5) is 17.0. The normalized spacial score (nSPS) is 19.0. The van der Waals surface area contributed by atoms with Crippen molar-refractivity contribution in [3.8, 4) is 0 Å². The van der Waals surface area contributed by atoms with Gasteiger partial charge >= 0.3 is 5.69 Å². The molecule has 3 aromatic heterocycles. The molecule has 0 N–H and O–H groups in total. The van der Waals surface area contributed by atoms with Crippen LogP contribution < -0.4 is 5.69 Å². The summed E-state index contributed by atoms with van der Waals surface area (Å²) in [6.07, 6.45) is 1.60. The lowest BCUT2D eigenvalue weighted by molar-refractivity contribution is 0.107. The second-order valence-corrected chi connectivity index (χ2v) is 8.02. The summed E-state index contributed by atoms with van der Waals surface area (Å²) >= 11 is 5.96. The number of benzene rings is 1. The molecule has 1 aromatic carbocycles. The molecule has 0 saturated carbocycles. The maximum absolute atomic E-state index is 12.6. The molecule has 0 aliphatic carbocycles. The highest BCUT2D eigenvalue weighted by molar-refractivity contribution is 6.30. The van der Waals surface area contributed by atoms with E-state index in [9.17, 15) is 4.79 Å². The SMILES string of the molecule is Cc1cccc2nn(Cc3nc(CC4CO[C@@H](c5ccc(Cl)cc5)C4)no3)c(=O)n12. The number of ether oxygens (including phenoxy) is 1. The maximum Gasteiger partial charge on any atom is 0.351 e. The van der Waals surface area contributed by atoms with Gasteiger partial charge in [0.05, 0.1) is 12.7 Å². The summed E-state index contributed by atoms with van der Waals surface area (Å²) < 4.78 is 14.2. The highest BCUT2D eigenvalue weighted by atomic mass is 35.5. The lowest BCUT2D eigenvalue weighted by Crippen LogP contribution is -2.22.